The average molecular weight is 1160 g/mol. The maximum absolute atomic E-state index is 6.65. The minimum absolute atomic E-state index is 0. The van der Waals surface area contributed by atoms with E-state index >= 15 is 0 Å². The third-order valence-electron chi connectivity index (χ3n) is 15.0. The number of pyridine rings is 1. The number of hydrogen-bond donors (Lipinski definition) is 0. The van der Waals surface area contributed by atoms with Gasteiger partial charge in [-0.1, -0.05) is 139 Å². The summed E-state index contributed by atoms with van der Waals surface area (Å²) in [6.07, 6.45) is 2.09. The molecule has 8 heteroatoms. The van der Waals surface area contributed by atoms with Gasteiger partial charge in [0.1, 0.15) is 5.82 Å². The second-order valence-corrected chi connectivity index (χ2v) is 19.4. The maximum atomic E-state index is 6.65. The number of benzene rings is 10. The second kappa shape index (κ2) is 18.0. The van der Waals surface area contributed by atoms with E-state index < -0.39 is 0 Å². The Hall–Kier alpha value is -9.16. The SMILES string of the molecule is Cc1cc(-n2c3[c-]c(Oc4[c-]c(N5[CH-]N(C)c6ccccc65)ccc4)ccc3c3ccccc32)ncc1-c1c(-n2c3ccccc3c3ccccc32)cc(-c2ccccc2)cc1-n1c2ccccc2c2ccccc21.[Pt]. The standard InChI is InChI=1S/C68H45N6O.Pt/c1-44-37-67(74-61-32-15-10-27-54(61)55-36-35-49(41-64(55)74)75-48-22-18-21-47(40-48)71-43-70(2)62-33-16-17-34-63(62)71)69-42-56(44)68-65(72-57-28-11-6-23-50(57)51-24-7-12-29-58(51)72)38-46(45-19-4-3-5-20-45)39-66(68)73-59-30-13-8-25-52(59)53-26-9-14-31-60(53)73;/h3-39,42-43H,1-2H3;/q-3;. The first-order chi connectivity index (χ1) is 37.0. The number of nitrogens with zero attached hydrogens (tertiary/aromatic N) is 6. The molecular formula is C68H45N6OPt-3. The Morgan fingerprint density at radius 2 is 0.934 bits per heavy atom. The summed E-state index contributed by atoms with van der Waals surface area (Å²) in [6.45, 7) is 4.30. The molecule has 14 aromatic rings. The van der Waals surface area contributed by atoms with Crippen LogP contribution < -0.4 is 14.5 Å². The molecule has 0 N–H and O–H groups in total. The van der Waals surface area contributed by atoms with Crippen molar-refractivity contribution in [2.45, 2.75) is 6.92 Å². The van der Waals surface area contributed by atoms with Crippen LogP contribution in [-0.2, 0) is 21.1 Å². The molecular weight excluding hydrogens is 1110 g/mol. The van der Waals surface area contributed by atoms with Crippen molar-refractivity contribution < 1.29 is 25.8 Å². The molecule has 0 atom stereocenters. The van der Waals surface area contributed by atoms with Gasteiger partial charge in [-0.15, -0.1) is 41.4 Å². The molecule has 76 heavy (non-hydrogen) atoms. The van der Waals surface area contributed by atoms with E-state index in [1.165, 1.54) is 21.5 Å². The molecule has 1 aliphatic heterocycles. The molecule has 5 heterocycles. The van der Waals surface area contributed by atoms with Gasteiger partial charge in [0.2, 0.25) is 0 Å². The fourth-order valence-electron chi connectivity index (χ4n) is 11.7. The van der Waals surface area contributed by atoms with Gasteiger partial charge in [0.25, 0.3) is 0 Å². The first-order valence-electron chi connectivity index (χ1n) is 25.3. The summed E-state index contributed by atoms with van der Waals surface area (Å²) in [5, 5.41) is 6.98. The van der Waals surface area contributed by atoms with Crippen LogP contribution in [0.2, 0.25) is 0 Å². The number of anilines is 3. The second-order valence-electron chi connectivity index (χ2n) is 19.4. The smallest absolute Gasteiger partial charge is 0.135 e. The van der Waals surface area contributed by atoms with Crippen molar-refractivity contribution >= 4 is 82.5 Å². The van der Waals surface area contributed by atoms with Crippen molar-refractivity contribution in [3.8, 4) is 50.9 Å². The zero-order chi connectivity index (χ0) is 49.7. The van der Waals surface area contributed by atoms with Crippen LogP contribution in [0.5, 0.6) is 11.5 Å². The molecule has 1 aliphatic rings. The molecule has 0 radical (unpaired) electrons. The minimum Gasteiger partial charge on any atom is -0.509 e. The summed E-state index contributed by atoms with van der Waals surface area (Å²) in [6, 6.07) is 87.1. The van der Waals surface area contributed by atoms with Crippen LogP contribution in [0, 0.1) is 25.7 Å². The van der Waals surface area contributed by atoms with Gasteiger partial charge in [0.05, 0.1) is 33.4 Å². The number of para-hydroxylation sites is 7. The van der Waals surface area contributed by atoms with Crippen molar-refractivity contribution in [3.05, 3.63) is 255 Å². The van der Waals surface area contributed by atoms with Crippen LogP contribution in [0.15, 0.2) is 231 Å². The third kappa shape index (κ3) is 7.11. The first kappa shape index (κ1) is 45.5. The van der Waals surface area contributed by atoms with Gasteiger partial charge >= 0.3 is 0 Å². The van der Waals surface area contributed by atoms with Crippen molar-refractivity contribution in [1.82, 2.24) is 18.7 Å². The van der Waals surface area contributed by atoms with Crippen LogP contribution in [0.1, 0.15) is 5.56 Å². The van der Waals surface area contributed by atoms with Gasteiger partial charge in [-0.05, 0) is 96.7 Å². The quantitative estimate of drug-likeness (QED) is 0.142. The van der Waals surface area contributed by atoms with Crippen LogP contribution in [0.25, 0.3) is 105 Å². The number of rotatable bonds is 8. The van der Waals surface area contributed by atoms with Gasteiger partial charge in [0.15, 0.2) is 0 Å². The van der Waals surface area contributed by atoms with E-state index in [1.807, 2.05) is 18.2 Å². The number of aromatic nitrogens is 4. The van der Waals surface area contributed by atoms with E-state index in [1.54, 1.807) is 0 Å². The van der Waals surface area contributed by atoms with Crippen molar-refractivity contribution in [2.75, 3.05) is 16.8 Å². The molecule has 4 aromatic heterocycles. The molecule has 0 aliphatic carbocycles. The van der Waals surface area contributed by atoms with Crippen LogP contribution >= 0.6 is 0 Å². The van der Waals surface area contributed by atoms with Gasteiger partial charge in [-0.3, -0.25) is 0 Å². The molecule has 0 unspecified atom stereocenters. The van der Waals surface area contributed by atoms with Crippen molar-refractivity contribution in [2.24, 2.45) is 0 Å². The van der Waals surface area contributed by atoms with E-state index in [4.69, 9.17) is 9.72 Å². The number of fused-ring (bicyclic) bond motifs is 10. The zero-order valence-electron chi connectivity index (χ0n) is 41.4. The summed E-state index contributed by atoms with van der Waals surface area (Å²) in [4.78, 5) is 9.75. The van der Waals surface area contributed by atoms with Gasteiger partial charge < -0.3 is 28.2 Å². The van der Waals surface area contributed by atoms with E-state index in [0.717, 1.165) is 106 Å². The third-order valence-corrected chi connectivity index (χ3v) is 15.0. The van der Waals surface area contributed by atoms with E-state index in [2.05, 4.69) is 269 Å². The van der Waals surface area contributed by atoms with Crippen LogP contribution in [0.3, 0.4) is 0 Å². The Kier molecular flexibility index (Phi) is 10.8. The summed E-state index contributed by atoms with van der Waals surface area (Å²) < 4.78 is 13.8. The molecule has 0 fully saturated rings. The monoisotopic (exact) mass is 1160 g/mol. The van der Waals surface area contributed by atoms with Crippen molar-refractivity contribution in [3.63, 3.8) is 0 Å². The molecule has 0 amide bonds. The summed E-state index contributed by atoms with van der Waals surface area (Å²) >= 11 is 0. The number of ether oxygens (including phenoxy) is 1. The fourth-order valence-corrected chi connectivity index (χ4v) is 11.7. The molecule has 10 aromatic carbocycles. The molecule has 0 saturated carbocycles. The Morgan fingerprint density at radius 3 is 1.51 bits per heavy atom. The minimum atomic E-state index is 0. The summed E-state index contributed by atoms with van der Waals surface area (Å²) in [5.74, 6) is 1.97. The molecule has 7 nitrogen and oxygen atoms in total. The molecule has 0 bridgehead atoms. The van der Waals surface area contributed by atoms with Gasteiger partial charge in [-0.2, -0.15) is 18.8 Å². The van der Waals surface area contributed by atoms with Crippen LogP contribution in [-0.4, -0.2) is 25.7 Å². The zero-order valence-corrected chi connectivity index (χ0v) is 43.7. The Balaban J connectivity index is 0.00000528. The normalized spacial score (nSPS) is 12.4. The Labute approximate surface area is 454 Å². The predicted molar refractivity (Wildman–Crippen MR) is 308 cm³/mol. The first-order valence-corrected chi connectivity index (χ1v) is 25.3. The summed E-state index contributed by atoms with van der Waals surface area (Å²) in [5.41, 5.74) is 17.1. The Bertz CT molecular complexity index is 4370. The maximum Gasteiger partial charge on any atom is 0.135 e. The van der Waals surface area contributed by atoms with Crippen LogP contribution in [0.4, 0.5) is 17.1 Å². The number of hydrogen-bond acceptors (Lipinski definition) is 4. The average Bonchev–Trinajstić information content (AvgIpc) is 4.22. The topological polar surface area (TPSA) is 43.4 Å². The molecule has 15 rings (SSSR count). The van der Waals surface area contributed by atoms with Crippen molar-refractivity contribution in [1.29, 1.82) is 0 Å². The predicted octanol–water partition coefficient (Wildman–Crippen LogP) is 17.1. The van der Waals surface area contributed by atoms with Gasteiger partial charge in [0, 0.05) is 88.3 Å². The largest absolute Gasteiger partial charge is 0.509 e. The summed E-state index contributed by atoms with van der Waals surface area (Å²) in [7, 11) is 2.06. The molecule has 366 valence electrons. The molecule has 0 spiro atoms. The fraction of sp³-hybridized carbons (Fsp3) is 0.0294. The van der Waals surface area contributed by atoms with E-state index in [9.17, 15) is 0 Å². The molecule has 0 saturated heterocycles. The number of aryl methyl sites for hydroxylation is 1. The van der Waals surface area contributed by atoms with Gasteiger partial charge in [-0.25, -0.2) is 4.98 Å². The van der Waals surface area contributed by atoms with E-state index in [-0.39, 0.29) is 21.1 Å². The Morgan fingerprint density at radius 1 is 0.434 bits per heavy atom. The van der Waals surface area contributed by atoms with E-state index in [0.29, 0.717) is 11.5 Å².